The lowest BCUT2D eigenvalue weighted by Crippen LogP contribution is -2.36. The molecule has 0 saturated carbocycles. The van der Waals surface area contributed by atoms with E-state index in [0.717, 1.165) is 34.7 Å². The van der Waals surface area contributed by atoms with Gasteiger partial charge in [-0.25, -0.2) is 9.37 Å². The Kier molecular flexibility index (Phi) is 6.15. The van der Waals surface area contributed by atoms with E-state index in [9.17, 15) is 4.39 Å². The second-order valence-electron chi connectivity index (χ2n) is 10.4. The molecule has 0 bridgehead atoms. The normalized spacial score (nSPS) is 12.2. The Labute approximate surface area is 195 Å². The van der Waals surface area contributed by atoms with Gasteiger partial charge in [-0.15, -0.1) is 0 Å². The first kappa shape index (κ1) is 22.8. The number of hydrogen-bond acceptors (Lipinski definition) is 3. The number of aromatic nitrogens is 2. The molecular weight excluding hydrogens is 413 g/mol. The summed E-state index contributed by atoms with van der Waals surface area (Å²) in [6.45, 7) is 11.6. The maximum absolute atomic E-state index is 13.6. The molecular formula is C28H32FN3O. The van der Waals surface area contributed by atoms with Crippen LogP contribution in [0.2, 0.25) is 0 Å². The molecule has 0 aliphatic carbocycles. The highest BCUT2D eigenvalue weighted by atomic mass is 19.1. The van der Waals surface area contributed by atoms with Crippen LogP contribution in [0.1, 0.15) is 46.6 Å². The van der Waals surface area contributed by atoms with Gasteiger partial charge < -0.3 is 10.1 Å². The molecule has 0 radical (unpaired) electrons. The zero-order valence-electron chi connectivity index (χ0n) is 20.0. The highest BCUT2D eigenvalue weighted by molar-refractivity contribution is 5.78. The number of ether oxygens (including phenoxy) is 1. The molecule has 0 spiro atoms. The zero-order chi connectivity index (χ0) is 23.6. The summed E-state index contributed by atoms with van der Waals surface area (Å²) in [6.07, 6.45) is 2.94. The van der Waals surface area contributed by atoms with Gasteiger partial charge in [0.15, 0.2) is 11.4 Å². The van der Waals surface area contributed by atoms with Crippen molar-refractivity contribution in [2.75, 3.05) is 5.32 Å². The van der Waals surface area contributed by atoms with Crippen molar-refractivity contribution < 1.29 is 9.13 Å². The number of imidazole rings is 1. The number of anilines is 1. The molecule has 4 rings (SSSR count). The van der Waals surface area contributed by atoms with Crippen molar-refractivity contribution >= 4 is 11.5 Å². The molecule has 0 atom stereocenters. The van der Waals surface area contributed by atoms with Crippen molar-refractivity contribution in [1.29, 1.82) is 0 Å². The van der Waals surface area contributed by atoms with Crippen molar-refractivity contribution in [1.82, 2.24) is 9.38 Å². The molecule has 2 aromatic heterocycles. The molecule has 0 saturated heterocycles. The Balaban J connectivity index is 1.78. The van der Waals surface area contributed by atoms with Crippen LogP contribution in [0.15, 0.2) is 72.9 Å². The Bertz CT molecular complexity index is 1220. The number of benzene rings is 2. The molecule has 0 fully saturated rings. The number of pyridine rings is 1. The lowest BCUT2D eigenvalue weighted by molar-refractivity contribution is 0.301. The lowest BCUT2D eigenvalue weighted by Gasteiger charge is -2.34. The number of halogens is 1. The van der Waals surface area contributed by atoms with Crippen LogP contribution in [0.25, 0.3) is 16.9 Å². The van der Waals surface area contributed by atoms with E-state index in [-0.39, 0.29) is 16.8 Å². The number of rotatable bonds is 7. The molecule has 33 heavy (non-hydrogen) atoms. The number of hydrogen-bond donors (Lipinski definition) is 1. The maximum atomic E-state index is 13.6. The third-order valence-electron chi connectivity index (χ3n) is 5.40. The fourth-order valence-electron chi connectivity index (χ4n) is 4.51. The van der Waals surface area contributed by atoms with Gasteiger partial charge >= 0.3 is 0 Å². The van der Waals surface area contributed by atoms with Crippen molar-refractivity contribution in [2.24, 2.45) is 5.41 Å². The van der Waals surface area contributed by atoms with Crippen molar-refractivity contribution in [3.05, 3.63) is 84.3 Å². The molecule has 4 nitrogen and oxygen atoms in total. The molecule has 0 aliphatic rings. The highest BCUT2D eigenvalue weighted by Gasteiger charge is 2.28. The largest absolute Gasteiger partial charge is 0.485 e. The van der Waals surface area contributed by atoms with Gasteiger partial charge in [-0.1, -0.05) is 51.1 Å². The van der Waals surface area contributed by atoms with E-state index in [1.807, 2.05) is 53.1 Å². The minimum absolute atomic E-state index is 0.150. The number of fused-ring (bicyclic) bond motifs is 1. The van der Waals surface area contributed by atoms with E-state index in [0.29, 0.717) is 12.4 Å². The van der Waals surface area contributed by atoms with Crippen LogP contribution in [0.5, 0.6) is 5.75 Å². The fourth-order valence-corrected chi connectivity index (χ4v) is 4.51. The summed E-state index contributed by atoms with van der Waals surface area (Å²) in [5.74, 6) is 1.30. The average molecular weight is 446 g/mol. The first-order valence-electron chi connectivity index (χ1n) is 11.3. The molecule has 4 aromatic rings. The van der Waals surface area contributed by atoms with Gasteiger partial charge in [0.05, 0.1) is 0 Å². The van der Waals surface area contributed by atoms with E-state index < -0.39 is 0 Å². The summed E-state index contributed by atoms with van der Waals surface area (Å²) in [5, 5.41) is 3.73. The molecule has 172 valence electrons. The van der Waals surface area contributed by atoms with Crippen molar-refractivity contribution in [3.8, 4) is 17.0 Å². The standard InChI is InChI=1S/C28H32FN3O/c1-27(2,3)19-28(4,5)31-26-24(21-13-15-22(29)16-14-21)30-25-23(12-9-17-32(25)26)33-18-20-10-7-6-8-11-20/h6-17,31H,18-19H2,1-5H3. The van der Waals surface area contributed by atoms with Gasteiger partial charge in [0.1, 0.15) is 23.9 Å². The van der Waals surface area contributed by atoms with E-state index in [1.54, 1.807) is 12.1 Å². The monoisotopic (exact) mass is 445 g/mol. The molecule has 5 heteroatoms. The van der Waals surface area contributed by atoms with Gasteiger partial charge in [-0.2, -0.15) is 0 Å². The Hall–Kier alpha value is -3.34. The Morgan fingerprint density at radius 1 is 0.909 bits per heavy atom. The molecule has 0 unspecified atom stereocenters. The molecule has 2 heterocycles. The maximum Gasteiger partial charge on any atom is 0.181 e. The Morgan fingerprint density at radius 2 is 1.61 bits per heavy atom. The third kappa shape index (κ3) is 5.54. The minimum atomic E-state index is -0.267. The van der Waals surface area contributed by atoms with Crippen LogP contribution in [0, 0.1) is 11.2 Å². The zero-order valence-corrected chi connectivity index (χ0v) is 20.0. The second kappa shape index (κ2) is 8.89. The fraction of sp³-hybridized carbons (Fsp3) is 0.321. The van der Waals surface area contributed by atoms with Crippen molar-refractivity contribution in [2.45, 2.75) is 53.2 Å². The highest BCUT2D eigenvalue weighted by Crippen LogP contribution is 2.36. The number of nitrogens with one attached hydrogen (secondary N) is 1. The summed E-state index contributed by atoms with van der Waals surface area (Å²) in [7, 11) is 0. The summed E-state index contributed by atoms with van der Waals surface area (Å²) >= 11 is 0. The van der Waals surface area contributed by atoms with Crippen LogP contribution in [0.4, 0.5) is 10.2 Å². The third-order valence-corrected chi connectivity index (χ3v) is 5.40. The average Bonchev–Trinajstić information content (AvgIpc) is 3.10. The molecule has 1 N–H and O–H groups in total. The van der Waals surface area contributed by atoms with Gasteiger partial charge in [0.2, 0.25) is 0 Å². The SMILES string of the molecule is CC(C)(C)CC(C)(C)Nc1c(-c2ccc(F)cc2)nc2c(OCc3ccccc3)cccn12. The molecule has 0 aliphatic heterocycles. The Morgan fingerprint density at radius 3 is 2.27 bits per heavy atom. The van der Waals surface area contributed by atoms with Crippen LogP contribution in [-0.2, 0) is 6.61 Å². The minimum Gasteiger partial charge on any atom is -0.485 e. The quantitative estimate of drug-likeness (QED) is 0.323. The topological polar surface area (TPSA) is 38.6 Å². The van der Waals surface area contributed by atoms with Gasteiger partial charge in [0.25, 0.3) is 0 Å². The van der Waals surface area contributed by atoms with Gasteiger partial charge in [-0.05, 0) is 67.6 Å². The van der Waals surface area contributed by atoms with Crippen LogP contribution in [-0.4, -0.2) is 14.9 Å². The molecule has 0 amide bonds. The summed E-state index contributed by atoms with van der Waals surface area (Å²) in [6, 6.07) is 20.4. The van der Waals surface area contributed by atoms with Gasteiger partial charge in [0, 0.05) is 17.3 Å². The van der Waals surface area contributed by atoms with Crippen molar-refractivity contribution in [3.63, 3.8) is 0 Å². The first-order chi connectivity index (χ1) is 15.6. The number of nitrogens with zero attached hydrogens (tertiary/aromatic N) is 2. The van der Waals surface area contributed by atoms with Crippen LogP contribution >= 0.6 is 0 Å². The van der Waals surface area contributed by atoms with E-state index in [1.165, 1.54) is 12.1 Å². The van der Waals surface area contributed by atoms with E-state index in [2.05, 4.69) is 39.9 Å². The molecule has 2 aromatic carbocycles. The van der Waals surface area contributed by atoms with Gasteiger partial charge in [-0.3, -0.25) is 4.40 Å². The predicted molar refractivity (Wildman–Crippen MR) is 133 cm³/mol. The summed E-state index contributed by atoms with van der Waals surface area (Å²) < 4.78 is 21.8. The van der Waals surface area contributed by atoms with Crippen LogP contribution in [0.3, 0.4) is 0 Å². The summed E-state index contributed by atoms with van der Waals surface area (Å²) in [5.41, 5.74) is 3.40. The predicted octanol–water partition coefficient (Wildman–Crippen LogP) is 7.35. The first-order valence-corrected chi connectivity index (χ1v) is 11.3. The van der Waals surface area contributed by atoms with E-state index >= 15 is 0 Å². The summed E-state index contributed by atoms with van der Waals surface area (Å²) in [4.78, 5) is 4.96. The van der Waals surface area contributed by atoms with E-state index in [4.69, 9.17) is 9.72 Å². The lowest BCUT2D eigenvalue weighted by atomic mass is 9.82. The smallest absolute Gasteiger partial charge is 0.181 e. The second-order valence-corrected chi connectivity index (χ2v) is 10.4. The van der Waals surface area contributed by atoms with Crippen LogP contribution < -0.4 is 10.1 Å².